The molecule has 3 heteroatoms. The number of benzene rings is 2. The fraction of sp³-hybridized carbons (Fsp3) is 0.188. The zero-order chi connectivity index (χ0) is 13.7. The number of hydrogen-bond donors (Lipinski definition) is 0. The van der Waals surface area contributed by atoms with Crippen molar-refractivity contribution in [3.05, 3.63) is 58.1 Å². The summed E-state index contributed by atoms with van der Waals surface area (Å²) in [4.78, 5) is 10.7. The number of hydrogen-bond acceptors (Lipinski definition) is 2. The first kappa shape index (κ1) is 13.8. The molecule has 0 saturated carbocycles. The van der Waals surface area contributed by atoms with E-state index in [4.69, 9.17) is 4.74 Å². The fourth-order valence-corrected chi connectivity index (χ4v) is 2.29. The lowest BCUT2D eigenvalue weighted by molar-refractivity contribution is 0.112. The van der Waals surface area contributed by atoms with Gasteiger partial charge in [0.2, 0.25) is 0 Å². The molecule has 2 nitrogen and oxygen atoms in total. The maximum Gasteiger partial charge on any atom is 0.150 e. The summed E-state index contributed by atoms with van der Waals surface area (Å²) < 4.78 is 6.55. The Bertz CT molecular complexity index is 561. The number of aryl methyl sites for hydroxylation is 1. The standard InChI is InChI=1S/C16H15BrO2/c1-2-3-12-4-7-14(8-5-12)19-16-9-6-13(11-18)10-15(16)17/h4-11H,2-3H2,1H3. The first-order chi connectivity index (χ1) is 9.22. The van der Waals surface area contributed by atoms with E-state index < -0.39 is 0 Å². The number of halogens is 1. The molecule has 0 aliphatic heterocycles. The third-order valence-corrected chi connectivity index (χ3v) is 3.40. The topological polar surface area (TPSA) is 26.3 Å². The van der Waals surface area contributed by atoms with E-state index in [2.05, 4.69) is 35.0 Å². The van der Waals surface area contributed by atoms with Gasteiger partial charge in [0.15, 0.2) is 0 Å². The number of aldehydes is 1. The minimum atomic E-state index is 0.623. The van der Waals surface area contributed by atoms with E-state index in [0.717, 1.165) is 29.4 Å². The average Bonchev–Trinajstić information content (AvgIpc) is 2.43. The number of carbonyl (C=O) groups excluding carboxylic acids is 1. The zero-order valence-corrected chi connectivity index (χ0v) is 12.3. The second-order valence-corrected chi connectivity index (χ2v) is 5.16. The molecule has 0 radical (unpaired) electrons. The quantitative estimate of drug-likeness (QED) is 0.724. The number of carbonyl (C=O) groups is 1. The molecule has 0 heterocycles. The first-order valence-electron chi connectivity index (χ1n) is 6.24. The molecule has 0 N–H and O–H groups in total. The molecule has 19 heavy (non-hydrogen) atoms. The minimum Gasteiger partial charge on any atom is -0.456 e. The molecule has 0 unspecified atom stereocenters. The Kier molecular flexibility index (Phi) is 4.74. The van der Waals surface area contributed by atoms with Crippen LogP contribution in [0.4, 0.5) is 0 Å². The highest BCUT2D eigenvalue weighted by Crippen LogP contribution is 2.30. The molecular formula is C16H15BrO2. The number of ether oxygens (including phenoxy) is 1. The van der Waals surface area contributed by atoms with E-state index >= 15 is 0 Å². The normalized spacial score (nSPS) is 10.2. The van der Waals surface area contributed by atoms with Crippen molar-refractivity contribution in [1.82, 2.24) is 0 Å². The van der Waals surface area contributed by atoms with E-state index in [1.165, 1.54) is 5.56 Å². The van der Waals surface area contributed by atoms with Crippen LogP contribution in [-0.4, -0.2) is 6.29 Å². The first-order valence-corrected chi connectivity index (χ1v) is 7.03. The van der Waals surface area contributed by atoms with Gasteiger partial charge in [-0.15, -0.1) is 0 Å². The lowest BCUT2D eigenvalue weighted by Gasteiger charge is -2.08. The third-order valence-electron chi connectivity index (χ3n) is 2.78. The van der Waals surface area contributed by atoms with Crippen LogP contribution in [0.25, 0.3) is 0 Å². The van der Waals surface area contributed by atoms with Crippen molar-refractivity contribution in [3.8, 4) is 11.5 Å². The number of rotatable bonds is 5. The van der Waals surface area contributed by atoms with Crippen LogP contribution >= 0.6 is 15.9 Å². The van der Waals surface area contributed by atoms with E-state index in [9.17, 15) is 4.79 Å². The summed E-state index contributed by atoms with van der Waals surface area (Å²) in [5, 5.41) is 0. The Hall–Kier alpha value is -1.61. The Morgan fingerprint density at radius 2 is 1.89 bits per heavy atom. The maximum atomic E-state index is 10.7. The maximum absolute atomic E-state index is 10.7. The summed E-state index contributed by atoms with van der Waals surface area (Å²) in [6.07, 6.45) is 3.03. The summed E-state index contributed by atoms with van der Waals surface area (Å²) in [6.45, 7) is 2.16. The summed E-state index contributed by atoms with van der Waals surface area (Å²) in [7, 11) is 0. The molecule has 0 aliphatic carbocycles. The Morgan fingerprint density at radius 1 is 1.16 bits per heavy atom. The van der Waals surface area contributed by atoms with Crippen LogP contribution in [0.5, 0.6) is 11.5 Å². The van der Waals surface area contributed by atoms with Crippen molar-refractivity contribution in [3.63, 3.8) is 0 Å². The lowest BCUT2D eigenvalue weighted by atomic mass is 10.1. The van der Waals surface area contributed by atoms with Crippen LogP contribution in [-0.2, 0) is 6.42 Å². The molecule has 0 fully saturated rings. The zero-order valence-electron chi connectivity index (χ0n) is 10.7. The summed E-state index contributed by atoms with van der Waals surface area (Å²) in [5.41, 5.74) is 1.93. The second-order valence-electron chi connectivity index (χ2n) is 4.30. The SMILES string of the molecule is CCCc1ccc(Oc2ccc(C=O)cc2Br)cc1. The van der Waals surface area contributed by atoms with Gasteiger partial charge >= 0.3 is 0 Å². The van der Waals surface area contributed by atoms with Crippen LogP contribution in [0.2, 0.25) is 0 Å². The summed E-state index contributed by atoms with van der Waals surface area (Å²) in [5.74, 6) is 1.49. The van der Waals surface area contributed by atoms with Crippen molar-refractivity contribution >= 4 is 22.2 Å². The van der Waals surface area contributed by atoms with E-state index in [1.54, 1.807) is 18.2 Å². The highest BCUT2D eigenvalue weighted by Gasteiger charge is 2.04. The molecular weight excluding hydrogens is 304 g/mol. The Morgan fingerprint density at radius 3 is 2.47 bits per heavy atom. The molecule has 0 aromatic heterocycles. The van der Waals surface area contributed by atoms with Gasteiger partial charge in [-0.25, -0.2) is 0 Å². The predicted molar refractivity (Wildman–Crippen MR) is 80.0 cm³/mol. The van der Waals surface area contributed by atoms with Gasteiger partial charge in [-0.3, -0.25) is 4.79 Å². The fourth-order valence-electron chi connectivity index (χ4n) is 1.81. The van der Waals surface area contributed by atoms with Crippen molar-refractivity contribution < 1.29 is 9.53 Å². The predicted octanol–water partition coefficient (Wildman–Crippen LogP) is 5.01. The van der Waals surface area contributed by atoms with Crippen molar-refractivity contribution in [1.29, 1.82) is 0 Å². The molecule has 98 valence electrons. The molecule has 0 amide bonds. The summed E-state index contributed by atoms with van der Waals surface area (Å²) >= 11 is 3.40. The molecule has 0 aliphatic rings. The lowest BCUT2D eigenvalue weighted by Crippen LogP contribution is -1.88. The smallest absolute Gasteiger partial charge is 0.150 e. The van der Waals surface area contributed by atoms with Crippen LogP contribution in [0, 0.1) is 0 Å². The van der Waals surface area contributed by atoms with Gasteiger partial charge < -0.3 is 4.74 Å². The molecule has 2 aromatic rings. The van der Waals surface area contributed by atoms with Crippen LogP contribution in [0.15, 0.2) is 46.9 Å². The Balaban J connectivity index is 2.14. The minimum absolute atomic E-state index is 0.623. The van der Waals surface area contributed by atoms with Crippen LogP contribution in [0.1, 0.15) is 29.3 Å². The average molecular weight is 319 g/mol. The van der Waals surface area contributed by atoms with Gasteiger partial charge in [-0.2, -0.15) is 0 Å². The van der Waals surface area contributed by atoms with E-state index in [-0.39, 0.29) is 0 Å². The molecule has 0 atom stereocenters. The molecule has 2 rings (SSSR count). The van der Waals surface area contributed by atoms with Crippen molar-refractivity contribution in [2.24, 2.45) is 0 Å². The van der Waals surface area contributed by atoms with Gasteiger partial charge in [0.25, 0.3) is 0 Å². The van der Waals surface area contributed by atoms with Gasteiger partial charge in [-0.1, -0.05) is 25.5 Å². The Labute approximate surface area is 121 Å². The highest BCUT2D eigenvalue weighted by atomic mass is 79.9. The third kappa shape index (κ3) is 3.67. The van der Waals surface area contributed by atoms with Gasteiger partial charge in [0.05, 0.1) is 4.47 Å². The van der Waals surface area contributed by atoms with Crippen LogP contribution < -0.4 is 4.74 Å². The molecule has 0 spiro atoms. The second kappa shape index (κ2) is 6.53. The van der Waals surface area contributed by atoms with E-state index in [1.807, 2.05) is 12.1 Å². The monoisotopic (exact) mass is 318 g/mol. The summed E-state index contributed by atoms with van der Waals surface area (Å²) in [6, 6.07) is 13.3. The van der Waals surface area contributed by atoms with Gasteiger partial charge in [-0.05, 0) is 58.2 Å². The van der Waals surface area contributed by atoms with Crippen LogP contribution in [0.3, 0.4) is 0 Å². The molecule has 0 saturated heterocycles. The van der Waals surface area contributed by atoms with E-state index in [0.29, 0.717) is 11.3 Å². The van der Waals surface area contributed by atoms with Gasteiger partial charge in [0.1, 0.15) is 17.8 Å². The largest absolute Gasteiger partial charge is 0.456 e. The van der Waals surface area contributed by atoms with Crippen molar-refractivity contribution in [2.75, 3.05) is 0 Å². The van der Waals surface area contributed by atoms with Gasteiger partial charge in [0, 0.05) is 5.56 Å². The van der Waals surface area contributed by atoms with Crippen molar-refractivity contribution in [2.45, 2.75) is 19.8 Å². The highest BCUT2D eigenvalue weighted by molar-refractivity contribution is 9.10. The molecule has 0 bridgehead atoms. The molecule has 2 aromatic carbocycles.